The minimum atomic E-state index is -0.0987. The van der Waals surface area contributed by atoms with Crippen LogP contribution in [-0.4, -0.2) is 29.0 Å². The van der Waals surface area contributed by atoms with Crippen molar-refractivity contribution in [2.75, 3.05) is 7.05 Å². The fraction of sp³-hybridized carbons (Fsp3) is 0.533. The molecular weight excluding hydrogens is 306 g/mol. The largest absolute Gasteiger partial charge is 0.507 e. The molecule has 0 aromatic heterocycles. The van der Waals surface area contributed by atoms with Gasteiger partial charge in [-0.3, -0.25) is 4.79 Å². The lowest BCUT2D eigenvalue weighted by Crippen LogP contribution is -2.39. The average molecular weight is 326 g/mol. The van der Waals surface area contributed by atoms with Crippen LogP contribution in [0.25, 0.3) is 0 Å². The number of benzene rings is 1. The fourth-order valence-electron chi connectivity index (χ4n) is 2.67. The molecule has 0 atom stereocenters. The Hall–Kier alpha value is -1.03. The molecule has 0 spiro atoms. The summed E-state index contributed by atoms with van der Waals surface area (Å²) in [6, 6.07) is 5.25. The third-order valence-electron chi connectivity index (χ3n) is 4.04. The molecule has 0 aliphatic heterocycles. The van der Waals surface area contributed by atoms with Crippen molar-refractivity contribution < 1.29 is 9.90 Å². The lowest BCUT2D eigenvalue weighted by molar-refractivity contribution is 0.0676. The number of hydrogen-bond donors (Lipinski definition) is 1. The minimum Gasteiger partial charge on any atom is -0.507 e. The second kappa shape index (κ2) is 5.95. The Kier molecular flexibility index (Phi) is 4.50. The maximum absolute atomic E-state index is 12.4. The van der Waals surface area contributed by atoms with Gasteiger partial charge in [-0.1, -0.05) is 22.9 Å². The smallest absolute Gasteiger partial charge is 0.257 e. The predicted molar refractivity (Wildman–Crippen MR) is 79.3 cm³/mol. The van der Waals surface area contributed by atoms with Gasteiger partial charge in [-0.25, -0.2) is 0 Å². The minimum absolute atomic E-state index is 0.0456. The number of carbonyl (C=O) groups is 1. The van der Waals surface area contributed by atoms with Crippen LogP contribution < -0.4 is 0 Å². The Morgan fingerprint density at radius 2 is 1.95 bits per heavy atom. The van der Waals surface area contributed by atoms with Gasteiger partial charge in [0.25, 0.3) is 5.91 Å². The molecule has 1 fully saturated rings. The molecule has 1 aliphatic rings. The van der Waals surface area contributed by atoms with Gasteiger partial charge in [0.15, 0.2) is 0 Å². The van der Waals surface area contributed by atoms with Gasteiger partial charge in [-0.05, 0) is 49.8 Å². The van der Waals surface area contributed by atoms with Gasteiger partial charge < -0.3 is 10.0 Å². The number of aromatic hydroxyl groups is 1. The van der Waals surface area contributed by atoms with Crippen molar-refractivity contribution in [3.8, 4) is 5.75 Å². The van der Waals surface area contributed by atoms with Crippen molar-refractivity contribution in [1.82, 2.24) is 4.90 Å². The first-order chi connectivity index (χ1) is 8.99. The summed E-state index contributed by atoms with van der Waals surface area (Å²) >= 11 is 3.34. The predicted octanol–water partition coefficient (Wildman–Crippen LogP) is 3.81. The summed E-state index contributed by atoms with van der Waals surface area (Å²) in [6.07, 6.45) is 4.45. The summed E-state index contributed by atoms with van der Waals surface area (Å²) in [5.74, 6) is 0.710. The van der Waals surface area contributed by atoms with E-state index in [1.165, 1.54) is 12.8 Å². The summed E-state index contributed by atoms with van der Waals surface area (Å²) in [4.78, 5) is 14.2. The van der Waals surface area contributed by atoms with Crippen LogP contribution in [0.5, 0.6) is 5.75 Å². The summed E-state index contributed by atoms with van der Waals surface area (Å²) in [5.41, 5.74) is 0.371. The van der Waals surface area contributed by atoms with Gasteiger partial charge in [0.1, 0.15) is 5.75 Å². The highest BCUT2D eigenvalue weighted by atomic mass is 79.9. The zero-order valence-electron chi connectivity index (χ0n) is 11.4. The molecule has 1 aliphatic carbocycles. The standard InChI is InChI=1S/C15H20BrNO2/c1-10-3-6-12(7-4-10)17(2)15(19)13-9-11(16)5-8-14(13)18/h5,8-10,12,18H,3-4,6-7H2,1-2H3. The Balaban J connectivity index is 2.12. The second-order valence-electron chi connectivity index (χ2n) is 5.49. The first kappa shape index (κ1) is 14.4. The van der Waals surface area contributed by atoms with E-state index in [1.54, 1.807) is 23.1 Å². The Bertz CT molecular complexity index is 467. The Morgan fingerprint density at radius 3 is 2.58 bits per heavy atom. The van der Waals surface area contributed by atoms with E-state index < -0.39 is 0 Å². The van der Waals surface area contributed by atoms with E-state index in [4.69, 9.17) is 0 Å². The number of hydrogen-bond acceptors (Lipinski definition) is 2. The quantitative estimate of drug-likeness (QED) is 0.898. The van der Waals surface area contributed by atoms with Crippen molar-refractivity contribution in [3.63, 3.8) is 0 Å². The highest BCUT2D eigenvalue weighted by Crippen LogP contribution is 2.29. The Labute approximate surface area is 122 Å². The van der Waals surface area contributed by atoms with E-state index in [-0.39, 0.29) is 11.7 Å². The molecule has 0 bridgehead atoms. The lowest BCUT2D eigenvalue weighted by atomic mass is 9.86. The molecule has 1 N–H and O–H groups in total. The van der Waals surface area contributed by atoms with E-state index in [0.29, 0.717) is 11.6 Å². The average Bonchev–Trinajstić information content (AvgIpc) is 2.41. The molecule has 2 rings (SSSR count). The zero-order chi connectivity index (χ0) is 14.0. The maximum Gasteiger partial charge on any atom is 0.257 e. The van der Waals surface area contributed by atoms with Crippen LogP contribution >= 0.6 is 15.9 Å². The summed E-state index contributed by atoms with van der Waals surface area (Å²) < 4.78 is 0.805. The van der Waals surface area contributed by atoms with Crippen LogP contribution in [0.3, 0.4) is 0 Å². The molecule has 3 nitrogen and oxygen atoms in total. The van der Waals surface area contributed by atoms with Gasteiger partial charge in [0.2, 0.25) is 0 Å². The molecule has 1 aromatic rings. The normalized spacial score (nSPS) is 23.1. The summed E-state index contributed by atoms with van der Waals surface area (Å²) in [6.45, 7) is 2.26. The fourth-order valence-corrected chi connectivity index (χ4v) is 3.03. The van der Waals surface area contributed by atoms with Crippen LogP contribution in [0.2, 0.25) is 0 Å². The number of nitrogens with zero attached hydrogens (tertiary/aromatic N) is 1. The maximum atomic E-state index is 12.4. The van der Waals surface area contributed by atoms with Crippen LogP contribution in [0.1, 0.15) is 43.0 Å². The molecule has 0 heterocycles. The lowest BCUT2D eigenvalue weighted by Gasteiger charge is -2.33. The van der Waals surface area contributed by atoms with Gasteiger partial charge in [0.05, 0.1) is 5.56 Å². The van der Waals surface area contributed by atoms with Gasteiger partial charge in [0, 0.05) is 17.6 Å². The van der Waals surface area contributed by atoms with Crippen molar-refractivity contribution in [2.45, 2.75) is 38.6 Å². The van der Waals surface area contributed by atoms with Crippen LogP contribution in [-0.2, 0) is 0 Å². The number of phenolic OH excluding ortho intramolecular Hbond substituents is 1. The first-order valence-electron chi connectivity index (χ1n) is 6.74. The van der Waals surface area contributed by atoms with Crippen LogP contribution in [0.15, 0.2) is 22.7 Å². The molecule has 1 aromatic carbocycles. The van der Waals surface area contributed by atoms with Gasteiger partial charge in [-0.2, -0.15) is 0 Å². The topological polar surface area (TPSA) is 40.5 Å². The van der Waals surface area contributed by atoms with E-state index in [9.17, 15) is 9.90 Å². The number of amides is 1. The Morgan fingerprint density at radius 1 is 1.32 bits per heavy atom. The summed E-state index contributed by atoms with van der Waals surface area (Å²) in [7, 11) is 1.84. The number of carbonyl (C=O) groups excluding carboxylic acids is 1. The van der Waals surface area contributed by atoms with Crippen molar-refractivity contribution in [2.24, 2.45) is 5.92 Å². The van der Waals surface area contributed by atoms with Crippen molar-refractivity contribution >= 4 is 21.8 Å². The molecule has 0 saturated heterocycles. The van der Waals surface area contributed by atoms with E-state index in [0.717, 1.165) is 23.2 Å². The van der Waals surface area contributed by atoms with Crippen molar-refractivity contribution in [1.29, 1.82) is 0 Å². The molecule has 4 heteroatoms. The molecule has 104 valence electrons. The molecule has 1 saturated carbocycles. The number of phenols is 1. The monoisotopic (exact) mass is 325 g/mol. The van der Waals surface area contributed by atoms with Crippen LogP contribution in [0, 0.1) is 5.92 Å². The second-order valence-corrected chi connectivity index (χ2v) is 6.41. The number of rotatable bonds is 2. The third-order valence-corrected chi connectivity index (χ3v) is 4.54. The van der Waals surface area contributed by atoms with E-state index >= 15 is 0 Å². The highest BCUT2D eigenvalue weighted by molar-refractivity contribution is 9.10. The number of halogens is 1. The van der Waals surface area contributed by atoms with Gasteiger partial charge in [-0.15, -0.1) is 0 Å². The SMILES string of the molecule is CC1CCC(N(C)C(=O)c2cc(Br)ccc2O)CC1. The summed E-state index contributed by atoms with van der Waals surface area (Å²) in [5, 5.41) is 9.83. The van der Waals surface area contributed by atoms with Gasteiger partial charge >= 0.3 is 0 Å². The molecule has 0 radical (unpaired) electrons. The third kappa shape index (κ3) is 3.30. The first-order valence-corrected chi connectivity index (χ1v) is 7.54. The molecule has 1 amide bonds. The van der Waals surface area contributed by atoms with E-state index in [2.05, 4.69) is 22.9 Å². The van der Waals surface area contributed by atoms with Crippen molar-refractivity contribution in [3.05, 3.63) is 28.2 Å². The molecule has 0 unspecified atom stereocenters. The molecule has 19 heavy (non-hydrogen) atoms. The van der Waals surface area contributed by atoms with Crippen LogP contribution in [0.4, 0.5) is 0 Å². The molecular formula is C15H20BrNO2. The van der Waals surface area contributed by atoms with E-state index in [1.807, 2.05) is 7.05 Å². The zero-order valence-corrected chi connectivity index (χ0v) is 13.0. The highest BCUT2D eigenvalue weighted by Gasteiger charge is 2.26.